The highest BCUT2D eigenvalue weighted by Gasteiger charge is 2.62. The first-order chi connectivity index (χ1) is 24.8. The lowest BCUT2D eigenvalue weighted by atomic mass is 9.85. The predicted molar refractivity (Wildman–Crippen MR) is 196 cm³/mol. The highest BCUT2D eigenvalue weighted by atomic mass is 32.2. The van der Waals surface area contributed by atoms with Crippen molar-refractivity contribution in [2.75, 3.05) is 13.2 Å². The Hall–Kier alpha value is -3.68. The van der Waals surface area contributed by atoms with Crippen LogP contribution in [-0.2, 0) is 57.9 Å². The fourth-order valence-electron chi connectivity index (χ4n) is 8.28. The summed E-state index contributed by atoms with van der Waals surface area (Å²) < 4.78 is 39.4. The Bertz CT molecular complexity index is 1750. The van der Waals surface area contributed by atoms with Crippen molar-refractivity contribution in [2.45, 2.75) is 141 Å². The molecule has 6 rings (SSSR count). The standard InChI is InChI=1S/C39H56N4O9S/c1-7-26-20-39(26,35(47)42-53(49,50)28-14-15-28)41-32(44)30-19-27-21-43(30)33(45)31(37(2,3)4)40-36(48)51-22-38(5,6)16-9-8-11-23-12-10-13-24-17-25(18-29(23)24)34(46)52-27/h10,12-13,25-28,30-31H,7-9,11,14-22H2,1-6H3,(H,40,48)(H,41,44)(H,42,47)/t25?,26?,27-,30+,31-,39-/m1/s1. The maximum atomic E-state index is 14.5. The van der Waals surface area contributed by atoms with Crippen LogP contribution in [0.5, 0.6) is 0 Å². The van der Waals surface area contributed by atoms with E-state index in [2.05, 4.69) is 27.5 Å². The van der Waals surface area contributed by atoms with E-state index in [1.54, 1.807) is 20.8 Å². The van der Waals surface area contributed by atoms with Crippen molar-refractivity contribution < 1.29 is 41.9 Å². The van der Waals surface area contributed by atoms with Crippen LogP contribution in [0.4, 0.5) is 4.79 Å². The van der Waals surface area contributed by atoms with E-state index >= 15 is 0 Å². The van der Waals surface area contributed by atoms with Gasteiger partial charge in [-0.1, -0.05) is 72.6 Å². The number of hydrogen-bond acceptors (Lipinski definition) is 9. The average molecular weight is 757 g/mol. The zero-order valence-corrected chi connectivity index (χ0v) is 32.7. The number of rotatable bonds is 6. The molecular weight excluding hydrogens is 701 g/mol. The Kier molecular flexibility index (Phi) is 10.7. The normalized spacial score (nSPS) is 30.8. The maximum absolute atomic E-state index is 14.5. The third-order valence-electron chi connectivity index (χ3n) is 11.8. The Labute approximate surface area is 313 Å². The molecule has 1 aromatic carbocycles. The molecular formula is C39H56N4O9S. The summed E-state index contributed by atoms with van der Waals surface area (Å²) in [6, 6.07) is 3.93. The highest BCUT2D eigenvalue weighted by molar-refractivity contribution is 7.91. The molecule has 292 valence electrons. The Balaban J connectivity index is 1.28. The van der Waals surface area contributed by atoms with Crippen LogP contribution in [-0.4, -0.2) is 85.2 Å². The van der Waals surface area contributed by atoms with E-state index in [0.29, 0.717) is 32.1 Å². The molecule has 13 nitrogen and oxygen atoms in total. The lowest BCUT2D eigenvalue weighted by Crippen LogP contribution is -2.60. The second kappa shape index (κ2) is 14.5. The number of cyclic esters (lactones) is 1. The number of carbonyl (C=O) groups is 5. The number of aryl methyl sites for hydroxylation is 1. The third-order valence-corrected chi connectivity index (χ3v) is 13.6. The van der Waals surface area contributed by atoms with Gasteiger partial charge in [-0.2, -0.15) is 0 Å². The number of carbonyl (C=O) groups excluding carboxylic acids is 5. The van der Waals surface area contributed by atoms with Crippen molar-refractivity contribution in [3.63, 3.8) is 0 Å². The van der Waals surface area contributed by atoms with Crippen molar-refractivity contribution in [1.82, 2.24) is 20.3 Å². The summed E-state index contributed by atoms with van der Waals surface area (Å²) in [6.07, 6.45) is 4.77. The molecule has 3 aliphatic carbocycles. The van der Waals surface area contributed by atoms with Gasteiger partial charge >= 0.3 is 12.1 Å². The fraction of sp³-hybridized carbons (Fsp3) is 0.718. The lowest BCUT2D eigenvalue weighted by molar-refractivity contribution is -0.154. The summed E-state index contributed by atoms with van der Waals surface area (Å²) in [5, 5.41) is 4.97. The summed E-state index contributed by atoms with van der Waals surface area (Å²) in [7, 11) is -3.87. The van der Waals surface area contributed by atoms with Crippen molar-refractivity contribution >= 4 is 39.8 Å². The number of esters is 1. The summed E-state index contributed by atoms with van der Waals surface area (Å²) in [6.45, 7) is 11.4. The van der Waals surface area contributed by atoms with Crippen LogP contribution in [0, 0.1) is 22.7 Å². The van der Waals surface area contributed by atoms with Crippen LogP contribution >= 0.6 is 0 Å². The third kappa shape index (κ3) is 8.52. The molecule has 2 heterocycles. The second-order valence-corrected chi connectivity index (χ2v) is 19.8. The predicted octanol–water partition coefficient (Wildman–Crippen LogP) is 3.70. The largest absolute Gasteiger partial charge is 0.460 e. The van der Waals surface area contributed by atoms with Gasteiger partial charge in [-0.3, -0.25) is 23.9 Å². The lowest BCUT2D eigenvalue weighted by Gasteiger charge is -2.35. The van der Waals surface area contributed by atoms with Crippen LogP contribution in [0.2, 0.25) is 0 Å². The highest BCUT2D eigenvalue weighted by Crippen LogP contribution is 2.47. The number of alkyl carbamates (subject to hydrolysis) is 1. The van der Waals surface area contributed by atoms with Crippen LogP contribution in [0.15, 0.2) is 18.2 Å². The molecule has 4 bridgehead atoms. The molecule has 0 aromatic heterocycles. The zero-order chi connectivity index (χ0) is 38.5. The monoisotopic (exact) mass is 756 g/mol. The van der Waals surface area contributed by atoms with E-state index in [1.807, 2.05) is 26.8 Å². The minimum atomic E-state index is -3.87. The van der Waals surface area contributed by atoms with Gasteiger partial charge in [0.2, 0.25) is 21.8 Å². The quantitative estimate of drug-likeness (QED) is 0.366. The molecule has 53 heavy (non-hydrogen) atoms. The molecule has 3 N–H and O–H groups in total. The smallest absolute Gasteiger partial charge is 0.407 e. The first-order valence-corrected chi connectivity index (χ1v) is 20.8. The van der Waals surface area contributed by atoms with Crippen LogP contribution in [0.25, 0.3) is 0 Å². The Morgan fingerprint density at radius 1 is 1.06 bits per heavy atom. The van der Waals surface area contributed by atoms with Gasteiger partial charge in [-0.15, -0.1) is 0 Å². The molecule has 0 spiro atoms. The first-order valence-electron chi connectivity index (χ1n) is 19.3. The van der Waals surface area contributed by atoms with Crippen molar-refractivity contribution in [1.29, 1.82) is 0 Å². The minimum absolute atomic E-state index is 0.0292. The second-order valence-electron chi connectivity index (χ2n) is 17.8. The molecule has 1 saturated heterocycles. The topological polar surface area (TPSA) is 177 Å². The van der Waals surface area contributed by atoms with Gasteiger partial charge in [0.15, 0.2) is 0 Å². The van der Waals surface area contributed by atoms with Gasteiger partial charge in [0, 0.05) is 6.42 Å². The number of ether oxygens (including phenoxy) is 2. The van der Waals surface area contributed by atoms with Crippen LogP contribution < -0.4 is 15.4 Å². The van der Waals surface area contributed by atoms with E-state index in [9.17, 15) is 32.4 Å². The number of hydrogen-bond donors (Lipinski definition) is 3. The van der Waals surface area contributed by atoms with Gasteiger partial charge in [0.25, 0.3) is 5.91 Å². The fourth-order valence-corrected chi connectivity index (χ4v) is 9.65. The van der Waals surface area contributed by atoms with Crippen molar-refractivity contribution in [3.8, 4) is 0 Å². The van der Waals surface area contributed by atoms with Gasteiger partial charge in [-0.25, -0.2) is 13.2 Å². The molecule has 3 fully saturated rings. The van der Waals surface area contributed by atoms with Gasteiger partial charge in [-0.05, 0) is 84.8 Å². The minimum Gasteiger partial charge on any atom is -0.460 e. The summed E-state index contributed by atoms with van der Waals surface area (Å²) in [5.74, 6) is -3.09. The SMILES string of the molecule is CCC1C[C@]1(NC(=O)[C@@H]1C[C@@H]2CN1C(=O)[C@H](C(C)(C)C)NC(=O)OCC(C)(C)CCCCc1cccc3c1CC(C3)C(=O)O2)C(=O)NS(=O)(=O)C1CC1. The van der Waals surface area contributed by atoms with Gasteiger partial charge in [0.1, 0.15) is 23.7 Å². The van der Waals surface area contributed by atoms with E-state index in [1.165, 1.54) is 16.0 Å². The molecule has 2 aliphatic heterocycles. The van der Waals surface area contributed by atoms with E-state index in [4.69, 9.17) is 9.47 Å². The number of amides is 4. The van der Waals surface area contributed by atoms with E-state index in [0.717, 1.165) is 31.2 Å². The average Bonchev–Trinajstić information content (AvgIpc) is 3.97. The first kappa shape index (κ1) is 39.0. The Morgan fingerprint density at radius 3 is 2.43 bits per heavy atom. The summed E-state index contributed by atoms with van der Waals surface area (Å²) in [5.41, 5.74) is 0.956. The molecule has 2 unspecified atom stereocenters. The van der Waals surface area contributed by atoms with Gasteiger partial charge < -0.3 is 25.0 Å². The molecule has 6 atom stereocenters. The molecule has 4 amide bonds. The van der Waals surface area contributed by atoms with Crippen LogP contribution in [0.1, 0.15) is 110 Å². The molecule has 1 aromatic rings. The zero-order valence-electron chi connectivity index (χ0n) is 31.9. The molecule has 0 radical (unpaired) electrons. The number of nitrogens with zero attached hydrogens (tertiary/aromatic N) is 1. The number of nitrogens with one attached hydrogen (secondary N) is 3. The van der Waals surface area contributed by atoms with Gasteiger partial charge in [0.05, 0.1) is 24.3 Å². The maximum Gasteiger partial charge on any atom is 0.407 e. The van der Waals surface area contributed by atoms with Crippen LogP contribution in [0.3, 0.4) is 0 Å². The van der Waals surface area contributed by atoms with E-state index in [-0.39, 0.29) is 37.3 Å². The number of sulfonamides is 1. The number of benzene rings is 1. The Morgan fingerprint density at radius 2 is 1.77 bits per heavy atom. The molecule has 14 heteroatoms. The summed E-state index contributed by atoms with van der Waals surface area (Å²) >= 11 is 0. The molecule has 2 saturated carbocycles. The molecule has 5 aliphatic rings. The van der Waals surface area contributed by atoms with E-state index < -0.39 is 80.1 Å². The summed E-state index contributed by atoms with van der Waals surface area (Å²) in [4.78, 5) is 70.6. The van der Waals surface area contributed by atoms with Crippen molar-refractivity contribution in [3.05, 3.63) is 34.9 Å². The number of fused-ring (bicyclic) bond motifs is 3. The van der Waals surface area contributed by atoms with Crippen molar-refractivity contribution in [2.24, 2.45) is 22.7 Å².